The number of likely N-dealkylation sites (tertiary alicyclic amines) is 1. The fraction of sp³-hybridized carbons (Fsp3) is 0.308. The number of fused-ring (bicyclic) bond motifs is 1. The van der Waals surface area contributed by atoms with Crippen LogP contribution in [0.3, 0.4) is 0 Å². The van der Waals surface area contributed by atoms with E-state index in [4.69, 9.17) is 0 Å². The van der Waals surface area contributed by atoms with E-state index in [0.29, 0.717) is 25.2 Å². The summed E-state index contributed by atoms with van der Waals surface area (Å²) in [5, 5.41) is 2.03. The van der Waals surface area contributed by atoms with Crippen LogP contribution in [0, 0.1) is 12.8 Å². The second-order valence-corrected chi connectivity index (χ2v) is 8.30. The summed E-state index contributed by atoms with van der Waals surface area (Å²) in [6.45, 7) is 3.84. The summed E-state index contributed by atoms with van der Waals surface area (Å²) in [7, 11) is 1.85. The first-order chi connectivity index (χ1) is 14.5. The zero-order valence-electron chi connectivity index (χ0n) is 17.7. The van der Waals surface area contributed by atoms with Crippen LogP contribution >= 0.6 is 0 Å². The van der Waals surface area contributed by atoms with E-state index in [1.165, 1.54) is 5.56 Å². The predicted octanol–water partition coefficient (Wildman–Crippen LogP) is 4.66. The van der Waals surface area contributed by atoms with Gasteiger partial charge in [-0.05, 0) is 42.2 Å². The maximum Gasteiger partial charge on any atom is 0.254 e. The molecule has 1 aliphatic heterocycles. The van der Waals surface area contributed by atoms with E-state index in [1.807, 2.05) is 54.4 Å². The van der Waals surface area contributed by atoms with Gasteiger partial charge in [-0.3, -0.25) is 9.59 Å². The third kappa shape index (κ3) is 4.23. The number of hydrogen-bond acceptors (Lipinski definition) is 2. The van der Waals surface area contributed by atoms with E-state index < -0.39 is 0 Å². The van der Waals surface area contributed by atoms with E-state index >= 15 is 0 Å². The Bertz CT molecular complexity index is 1050. The average molecular weight is 401 g/mol. The molecule has 1 heterocycles. The van der Waals surface area contributed by atoms with Crippen molar-refractivity contribution in [2.45, 2.75) is 26.3 Å². The lowest BCUT2D eigenvalue weighted by molar-refractivity contribution is -0.136. The Morgan fingerprint density at radius 2 is 1.73 bits per heavy atom. The van der Waals surface area contributed by atoms with Crippen LogP contribution in [-0.4, -0.2) is 41.8 Å². The van der Waals surface area contributed by atoms with E-state index in [-0.39, 0.29) is 17.7 Å². The molecule has 1 saturated heterocycles. The molecule has 2 amide bonds. The Kier molecular flexibility index (Phi) is 5.84. The van der Waals surface area contributed by atoms with Gasteiger partial charge in [-0.1, -0.05) is 66.2 Å². The molecule has 0 spiro atoms. The molecule has 3 aromatic carbocycles. The van der Waals surface area contributed by atoms with Crippen molar-refractivity contribution < 1.29 is 9.59 Å². The molecule has 0 saturated carbocycles. The van der Waals surface area contributed by atoms with Gasteiger partial charge in [-0.25, -0.2) is 0 Å². The van der Waals surface area contributed by atoms with Crippen LogP contribution in [0.4, 0.5) is 0 Å². The molecule has 4 rings (SSSR count). The lowest BCUT2D eigenvalue weighted by atomic mass is 9.95. The van der Waals surface area contributed by atoms with Crippen molar-refractivity contribution in [3.8, 4) is 0 Å². The van der Waals surface area contributed by atoms with Gasteiger partial charge in [0.25, 0.3) is 5.91 Å². The lowest BCUT2D eigenvalue weighted by Crippen LogP contribution is -2.45. The van der Waals surface area contributed by atoms with E-state index in [2.05, 4.69) is 31.2 Å². The largest absolute Gasteiger partial charge is 0.341 e. The predicted molar refractivity (Wildman–Crippen MR) is 120 cm³/mol. The van der Waals surface area contributed by atoms with E-state index in [1.54, 1.807) is 4.90 Å². The Hall–Kier alpha value is -3.14. The first-order valence-electron chi connectivity index (χ1n) is 10.6. The van der Waals surface area contributed by atoms with Crippen molar-refractivity contribution in [1.29, 1.82) is 0 Å². The normalized spacial score (nSPS) is 16.5. The minimum atomic E-state index is -0.145. The number of carbonyl (C=O) groups excluding carboxylic acids is 2. The molecule has 4 heteroatoms. The molecule has 0 radical (unpaired) electrons. The fourth-order valence-corrected chi connectivity index (χ4v) is 4.30. The average Bonchev–Trinajstić information content (AvgIpc) is 2.79. The molecular formula is C26H28N2O2. The van der Waals surface area contributed by atoms with Gasteiger partial charge in [-0.2, -0.15) is 0 Å². The molecule has 1 atom stereocenters. The number of carbonyl (C=O) groups is 2. The number of rotatable bonds is 4. The third-order valence-corrected chi connectivity index (χ3v) is 5.99. The highest BCUT2D eigenvalue weighted by atomic mass is 16.2. The van der Waals surface area contributed by atoms with Crippen molar-refractivity contribution in [2.24, 2.45) is 5.92 Å². The summed E-state index contributed by atoms with van der Waals surface area (Å²) >= 11 is 0. The SMILES string of the molecule is Cc1ccc(CN(C)C(=O)C2CCCN(C(=O)c3cccc4ccccc34)C2)cc1. The van der Waals surface area contributed by atoms with Gasteiger partial charge in [0.2, 0.25) is 5.91 Å². The van der Waals surface area contributed by atoms with Gasteiger partial charge < -0.3 is 9.80 Å². The molecule has 1 fully saturated rings. The number of benzene rings is 3. The quantitative estimate of drug-likeness (QED) is 0.639. The highest BCUT2D eigenvalue weighted by Gasteiger charge is 2.31. The summed E-state index contributed by atoms with van der Waals surface area (Å²) in [5.74, 6) is -0.00962. The number of piperidine rings is 1. The van der Waals surface area contributed by atoms with Gasteiger partial charge in [-0.15, -0.1) is 0 Å². The topological polar surface area (TPSA) is 40.6 Å². The Morgan fingerprint density at radius 3 is 2.53 bits per heavy atom. The first-order valence-corrected chi connectivity index (χ1v) is 10.6. The van der Waals surface area contributed by atoms with Gasteiger partial charge in [0.15, 0.2) is 0 Å². The van der Waals surface area contributed by atoms with Crippen molar-refractivity contribution in [2.75, 3.05) is 20.1 Å². The zero-order chi connectivity index (χ0) is 21.1. The maximum absolute atomic E-state index is 13.3. The minimum Gasteiger partial charge on any atom is -0.341 e. The lowest BCUT2D eigenvalue weighted by Gasteiger charge is -2.34. The molecule has 30 heavy (non-hydrogen) atoms. The molecule has 0 N–H and O–H groups in total. The first kappa shape index (κ1) is 20.1. The minimum absolute atomic E-state index is 0.0190. The molecular weight excluding hydrogens is 372 g/mol. The van der Waals surface area contributed by atoms with Crippen LogP contribution in [0.1, 0.15) is 34.3 Å². The number of aryl methyl sites for hydroxylation is 1. The fourth-order valence-electron chi connectivity index (χ4n) is 4.30. The summed E-state index contributed by atoms with van der Waals surface area (Å²) in [6.07, 6.45) is 1.68. The van der Waals surface area contributed by atoms with Crippen LogP contribution < -0.4 is 0 Å². The molecule has 4 nitrogen and oxygen atoms in total. The van der Waals surface area contributed by atoms with Gasteiger partial charge in [0, 0.05) is 32.2 Å². The van der Waals surface area contributed by atoms with Crippen molar-refractivity contribution >= 4 is 22.6 Å². The van der Waals surface area contributed by atoms with E-state index in [9.17, 15) is 9.59 Å². The van der Waals surface area contributed by atoms with Crippen LogP contribution in [0.5, 0.6) is 0 Å². The van der Waals surface area contributed by atoms with Gasteiger partial charge in [0.1, 0.15) is 0 Å². The molecule has 0 aromatic heterocycles. The zero-order valence-corrected chi connectivity index (χ0v) is 17.7. The second kappa shape index (κ2) is 8.70. The van der Waals surface area contributed by atoms with Crippen LogP contribution in [0.25, 0.3) is 10.8 Å². The Balaban J connectivity index is 1.46. The monoisotopic (exact) mass is 400 g/mol. The van der Waals surface area contributed by atoms with Gasteiger partial charge in [0.05, 0.1) is 5.92 Å². The number of hydrogen-bond donors (Lipinski definition) is 0. The maximum atomic E-state index is 13.3. The summed E-state index contributed by atoms with van der Waals surface area (Å²) < 4.78 is 0. The summed E-state index contributed by atoms with van der Waals surface area (Å²) in [5.41, 5.74) is 3.05. The highest BCUT2D eigenvalue weighted by molar-refractivity contribution is 6.07. The third-order valence-electron chi connectivity index (χ3n) is 5.99. The molecule has 0 aliphatic carbocycles. The smallest absolute Gasteiger partial charge is 0.254 e. The summed E-state index contributed by atoms with van der Waals surface area (Å²) in [4.78, 5) is 30.0. The Labute approximate surface area is 178 Å². The van der Waals surface area contributed by atoms with E-state index in [0.717, 1.165) is 29.2 Å². The second-order valence-electron chi connectivity index (χ2n) is 8.30. The standard InChI is InChI=1S/C26H28N2O2/c1-19-12-14-20(15-13-19)17-27(2)25(29)22-9-6-16-28(18-22)26(30)24-11-5-8-21-7-3-4-10-23(21)24/h3-5,7-8,10-15,22H,6,9,16-18H2,1-2H3. The number of amides is 2. The molecule has 1 unspecified atom stereocenters. The van der Waals surface area contributed by atoms with Crippen molar-refractivity contribution in [3.63, 3.8) is 0 Å². The number of nitrogens with zero attached hydrogens (tertiary/aromatic N) is 2. The van der Waals surface area contributed by atoms with Crippen LogP contribution in [0.15, 0.2) is 66.7 Å². The molecule has 1 aliphatic rings. The highest BCUT2D eigenvalue weighted by Crippen LogP contribution is 2.24. The van der Waals surface area contributed by atoms with Gasteiger partial charge >= 0.3 is 0 Å². The van der Waals surface area contributed by atoms with Crippen molar-refractivity contribution in [1.82, 2.24) is 9.80 Å². The summed E-state index contributed by atoms with van der Waals surface area (Å²) in [6, 6.07) is 22.1. The molecule has 3 aromatic rings. The molecule has 154 valence electrons. The Morgan fingerprint density at radius 1 is 1.00 bits per heavy atom. The van der Waals surface area contributed by atoms with Crippen LogP contribution in [0.2, 0.25) is 0 Å². The molecule has 0 bridgehead atoms. The van der Waals surface area contributed by atoms with Crippen LogP contribution in [-0.2, 0) is 11.3 Å². The van der Waals surface area contributed by atoms with Crippen molar-refractivity contribution in [3.05, 3.63) is 83.4 Å².